The van der Waals surface area contributed by atoms with Gasteiger partial charge in [0.05, 0.1) is 0 Å². The van der Waals surface area contributed by atoms with E-state index in [0.717, 1.165) is 4.88 Å². The molecule has 0 spiro atoms. The van der Waals surface area contributed by atoms with Gasteiger partial charge in [-0.2, -0.15) is 0 Å². The summed E-state index contributed by atoms with van der Waals surface area (Å²) < 4.78 is 1.63. The van der Waals surface area contributed by atoms with Gasteiger partial charge >= 0.3 is 0 Å². The number of thiazole rings is 1. The van der Waals surface area contributed by atoms with E-state index in [4.69, 9.17) is 0 Å². The fourth-order valence-corrected chi connectivity index (χ4v) is 2.22. The summed E-state index contributed by atoms with van der Waals surface area (Å²) in [6.07, 6.45) is 3.34. The Bertz CT molecular complexity index is 613. The van der Waals surface area contributed by atoms with Crippen LogP contribution in [0.1, 0.15) is 32.6 Å². The van der Waals surface area contributed by atoms with Crippen LogP contribution in [0.15, 0.2) is 18.5 Å². The highest BCUT2D eigenvalue weighted by Gasteiger charge is 2.14. The molecule has 0 saturated heterocycles. The lowest BCUT2D eigenvalue weighted by Gasteiger charge is -2.02. The van der Waals surface area contributed by atoms with E-state index in [2.05, 4.69) is 10.3 Å². The minimum absolute atomic E-state index is 0.0604. The number of hydrogen-bond donors (Lipinski definition) is 1. The molecule has 0 atom stereocenters. The molecule has 1 N–H and O–H groups in total. The average molecular weight is 263 g/mol. The van der Waals surface area contributed by atoms with Gasteiger partial charge in [-0.25, -0.2) is 4.98 Å². The molecular formula is C12H13N3O2S. The first-order valence-corrected chi connectivity index (χ1v) is 6.20. The lowest BCUT2D eigenvalue weighted by Crippen LogP contribution is -2.15. The van der Waals surface area contributed by atoms with Crippen molar-refractivity contribution in [3.63, 3.8) is 0 Å². The Morgan fingerprint density at radius 2 is 2.17 bits per heavy atom. The summed E-state index contributed by atoms with van der Waals surface area (Å²) in [5.74, 6) is -0.325. The summed E-state index contributed by atoms with van der Waals surface area (Å²) in [6, 6.07) is 1.58. The van der Waals surface area contributed by atoms with E-state index in [0.29, 0.717) is 16.4 Å². The number of aromatic nitrogens is 2. The van der Waals surface area contributed by atoms with Crippen LogP contribution < -0.4 is 5.32 Å². The summed E-state index contributed by atoms with van der Waals surface area (Å²) in [5.41, 5.74) is 0.964. The standard InChI is InChI=1S/C12H13N3O2S/c1-7-5-13-12(18-7)14-11(17)10-4-9(8(2)16)6-15(10)3/h4-6H,1-3H3,(H,13,14,17). The molecule has 0 radical (unpaired) electrons. The molecule has 0 aliphatic heterocycles. The summed E-state index contributed by atoms with van der Waals surface area (Å²) >= 11 is 1.41. The summed E-state index contributed by atoms with van der Waals surface area (Å²) in [4.78, 5) is 28.3. The van der Waals surface area contributed by atoms with Crippen molar-refractivity contribution >= 4 is 28.2 Å². The molecule has 2 rings (SSSR count). The molecule has 2 aromatic heterocycles. The molecule has 1 amide bonds. The first-order chi connectivity index (χ1) is 8.47. The Hall–Kier alpha value is -1.95. The normalized spacial score (nSPS) is 10.4. The molecule has 18 heavy (non-hydrogen) atoms. The Morgan fingerprint density at radius 3 is 2.67 bits per heavy atom. The molecule has 0 fully saturated rings. The van der Waals surface area contributed by atoms with Gasteiger partial charge in [0.15, 0.2) is 10.9 Å². The van der Waals surface area contributed by atoms with Gasteiger partial charge in [0.1, 0.15) is 5.69 Å². The quantitative estimate of drug-likeness (QED) is 0.864. The molecule has 94 valence electrons. The molecule has 0 bridgehead atoms. The van der Waals surface area contributed by atoms with Crippen molar-refractivity contribution in [1.29, 1.82) is 0 Å². The monoisotopic (exact) mass is 263 g/mol. The van der Waals surface area contributed by atoms with Crippen LogP contribution in [0.4, 0.5) is 5.13 Å². The highest BCUT2D eigenvalue weighted by molar-refractivity contribution is 7.15. The van der Waals surface area contributed by atoms with Crippen LogP contribution in [-0.4, -0.2) is 21.2 Å². The van der Waals surface area contributed by atoms with Gasteiger partial charge < -0.3 is 4.57 Å². The number of aryl methyl sites for hydroxylation is 2. The second-order valence-electron chi connectivity index (χ2n) is 4.01. The van der Waals surface area contributed by atoms with Crippen molar-refractivity contribution in [2.75, 3.05) is 5.32 Å². The second kappa shape index (κ2) is 4.73. The Kier molecular flexibility index (Phi) is 3.29. The minimum atomic E-state index is -0.264. The van der Waals surface area contributed by atoms with E-state index < -0.39 is 0 Å². The largest absolute Gasteiger partial charge is 0.346 e. The Labute approximate surface area is 108 Å². The van der Waals surface area contributed by atoms with Crippen molar-refractivity contribution in [2.24, 2.45) is 7.05 Å². The molecule has 2 heterocycles. The third-order valence-electron chi connectivity index (χ3n) is 2.49. The van der Waals surface area contributed by atoms with E-state index in [1.165, 1.54) is 18.3 Å². The van der Waals surface area contributed by atoms with Crippen LogP contribution >= 0.6 is 11.3 Å². The zero-order valence-corrected chi connectivity index (χ0v) is 11.2. The summed E-state index contributed by atoms with van der Waals surface area (Å²) in [7, 11) is 1.73. The zero-order chi connectivity index (χ0) is 13.3. The second-order valence-corrected chi connectivity index (χ2v) is 5.25. The van der Waals surface area contributed by atoms with Crippen molar-refractivity contribution in [1.82, 2.24) is 9.55 Å². The summed E-state index contributed by atoms with van der Waals surface area (Å²) in [5, 5.41) is 3.27. The molecule has 0 unspecified atom stereocenters. The number of rotatable bonds is 3. The first kappa shape index (κ1) is 12.5. The van der Waals surface area contributed by atoms with Gasteiger partial charge in [-0.05, 0) is 19.9 Å². The molecule has 0 aliphatic rings. The van der Waals surface area contributed by atoms with E-state index >= 15 is 0 Å². The van der Waals surface area contributed by atoms with E-state index in [1.807, 2.05) is 6.92 Å². The molecule has 5 nitrogen and oxygen atoms in total. The van der Waals surface area contributed by atoms with Crippen molar-refractivity contribution in [2.45, 2.75) is 13.8 Å². The van der Waals surface area contributed by atoms with Crippen molar-refractivity contribution in [3.8, 4) is 0 Å². The van der Waals surface area contributed by atoms with Crippen LogP contribution in [0.2, 0.25) is 0 Å². The van der Waals surface area contributed by atoms with Gasteiger partial charge in [-0.3, -0.25) is 14.9 Å². The van der Waals surface area contributed by atoms with E-state index in [1.54, 1.807) is 30.1 Å². The van der Waals surface area contributed by atoms with Crippen LogP contribution in [0.5, 0.6) is 0 Å². The van der Waals surface area contributed by atoms with Crippen molar-refractivity contribution in [3.05, 3.63) is 34.6 Å². The highest BCUT2D eigenvalue weighted by Crippen LogP contribution is 2.18. The maximum Gasteiger partial charge on any atom is 0.274 e. The number of carbonyl (C=O) groups excluding carboxylic acids is 2. The number of ketones is 1. The van der Waals surface area contributed by atoms with Gasteiger partial charge in [0.2, 0.25) is 0 Å². The predicted molar refractivity (Wildman–Crippen MR) is 70.2 cm³/mol. The lowest BCUT2D eigenvalue weighted by atomic mass is 10.2. The smallest absolute Gasteiger partial charge is 0.274 e. The van der Waals surface area contributed by atoms with E-state index in [-0.39, 0.29) is 11.7 Å². The number of nitrogens with one attached hydrogen (secondary N) is 1. The number of anilines is 1. The predicted octanol–water partition coefficient (Wildman–Crippen LogP) is 2.24. The van der Waals surface area contributed by atoms with Gasteiger partial charge in [-0.15, -0.1) is 11.3 Å². The van der Waals surface area contributed by atoms with Crippen molar-refractivity contribution < 1.29 is 9.59 Å². The SMILES string of the molecule is CC(=O)c1cc(C(=O)Nc2ncc(C)s2)n(C)c1. The zero-order valence-electron chi connectivity index (χ0n) is 10.4. The third kappa shape index (κ3) is 2.48. The third-order valence-corrected chi connectivity index (χ3v) is 3.31. The Balaban J connectivity index is 2.21. The van der Waals surface area contributed by atoms with Gasteiger partial charge in [0, 0.05) is 29.9 Å². The molecule has 6 heteroatoms. The highest BCUT2D eigenvalue weighted by atomic mass is 32.1. The molecule has 2 aromatic rings. The molecular weight excluding hydrogens is 250 g/mol. The average Bonchev–Trinajstić information content (AvgIpc) is 2.85. The maximum atomic E-state index is 12.0. The van der Waals surface area contributed by atoms with Gasteiger partial charge in [0.25, 0.3) is 5.91 Å². The first-order valence-electron chi connectivity index (χ1n) is 5.38. The van der Waals surface area contributed by atoms with Crippen LogP contribution in [0.25, 0.3) is 0 Å². The van der Waals surface area contributed by atoms with Gasteiger partial charge in [-0.1, -0.05) is 0 Å². The topological polar surface area (TPSA) is 64.0 Å². The number of carbonyl (C=O) groups is 2. The number of amides is 1. The minimum Gasteiger partial charge on any atom is -0.346 e. The van der Waals surface area contributed by atoms with E-state index in [9.17, 15) is 9.59 Å². The number of nitrogens with zero attached hydrogens (tertiary/aromatic N) is 2. The lowest BCUT2D eigenvalue weighted by molar-refractivity contribution is 0.101. The molecule has 0 saturated carbocycles. The van der Waals surface area contributed by atoms with Crippen LogP contribution in [-0.2, 0) is 7.05 Å². The molecule has 0 aliphatic carbocycles. The van der Waals surface area contributed by atoms with Crippen LogP contribution in [0, 0.1) is 6.92 Å². The number of Topliss-reactive ketones (excluding diaryl/α,β-unsaturated/α-hetero) is 1. The molecule has 0 aromatic carbocycles. The maximum absolute atomic E-state index is 12.0. The Morgan fingerprint density at radius 1 is 1.44 bits per heavy atom. The fraction of sp³-hybridized carbons (Fsp3) is 0.250. The van der Waals surface area contributed by atoms with Crippen LogP contribution in [0.3, 0.4) is 0 Å². The fourth-order valence-electron chi connectivity index (χ4n) is 1.56. The summed E-state index contributed by atoms with van der Waals surface area (Å²) in [6.45, 7) is 3.39. The number of hydrogen-bond acceptors (Lipinski definition) is 4.